The van der Waals surface area contributed by atoms with Crippen LogP contribution in [0.25, 0.3) is 10.9 Å². The summed E-state index contributed by atoms with van der Waals surface area (Å²) in [6.07, 6.45) is 2.25. The predicted molar refractivity (Wildman–Crippen MR) is 112 cm³/mol. The van der Waals surface area contributed by atoms with Crippen molar-refractivity contribution < 1.29 is 0 Å². The van der Waals surface area contributed by atoms with Gasteiger partial charge in [0.2, 0.25) is 0 Å². The summed E-state index contributed by atoms with van der Waals surface area (Å²) in [5.74, 6) is 1.02. The third-order valence-electron chi connectivity index (χ3n) is 4.75. The number of benzene rings is 2. The Balaban J connectivity index is 1.80. The molecule has 0 bridgehead atoms. The first-order valence-electron chi connectivity index (χ1n) is 9.48. The molecule has 3 rings (SSSR count). The van der Waals surface area contributed by atoms with Crippen LogP contribution in [0.4, 0.5) is 0 Å². The summed E-state index contributed by atoms with van der Waals surface area (Å²) in [7, 11) is 0. The molecule has 1 aromatic heterocycles. The Morgan fingerprint density at radius 3 is 2.56 bits per heavy atom. The lowest BCUT2D eigenvalue weighted by Gasteiger charge is -2.23. The van der Waals surface area contributed by atoms with E-state index in [9.17, 15) is 4.79 Å². The van der Waals surface area contributed by atoms with Gasteiger partial charge >= 0.3 is 0 Å². The van der Waals surface area contributed by atoms with E-state index in [2.05, 4.69) is 60.3 Å². The topological polar surface area (TPSA) is 57.8 Å². The highest BCUT2D eigenvalue weighted by molar-refractivity contribution is 6.31. The quantitative estimate of drug-likeness (QED) is 0.602. The first-order chi connectivity index (χ1) is 13.0. The van der Waals surface area contributed by atoms with Gasteiger partial charge in [0.05, 0.1) is 17.4 Å². The summed E-state index contributed by atoms with van der Waals surface area (Å²) in [5, 5.41) is 4.67. The highest BCUT2D eigenvalue weighted by Crippen LogP contribution is 2.23. The van der Waals surface area contributed by atoms with Crippen LogP contribution in [-0.2, 0) is 13.0 Å². The van der Waals surface area contributed by atoms with Crippen molar-refractivity contribution in [3.8, 4) is 0 Å². The number of rotatable bonds is 7. The Morgan fingerprint density at radius 1 is 1.15 bits per heavy atom. The minimum atomic E-state index is -0.140. The number of halogens is 1. The van der Waals surface area contributed by atoms with E-state index < -0.39 is 0 Å². The molecule has 0 amide bonds. The second kappa shape index (κ2) is 8.68. The van der Waals surface area contributed by atoms with E-state index in [1.54, 1.807) is 18.2 Å². The zero-order valence-electron chi connectivity index (χ0n) is 16.1. The normalized spacial score (nSPS) is 12.6. The van der Waals surface area contributed by atoms with Crippen LogP contribution in [0.1, 0.15) is 50.2 Å². The minimum absolute atomic E-state index is 0.140. The Hall–Kier alpha value is -2.17. The molecule has 5 heteroatoms. The van der Waals surface area contributed by atoms with E-state index >= 15 is 0 Å². The number of nitrogens with one attached hydrogen (secondary N) is 2. The summed E-state index contributed by atoms with van der Waals surface area (Å²) in [4.78, 5) is 19.7. The molecule has 2 aromatic carbocycles. The Morgan fingerprint density at radius 2 is 1.89 bits per heavy atom. The van der Waals surface area contributed by atoms with Crippen LogP contribution in [-0.4, -0.2) is 9.97 Å². The van der Waals surface area contributed by atoms with Gasteiger partial charge in [-0.25, -0.2) is 4.98 Å². The Kier molecular flexibility index (Phi) is 6.30. The molecule has 27 heavy (non-hydrogen) atoms. The van der Waals surface area contributed by atoms with E-state index in [4.69, 9.17) is 11.6 Å². The molecule has 0 unspecified atom stereocenters. The van der Waals surface area contributed by atoms with Crippen LogP contribution in [0.15, 0.2) is 47.3 Å². The smallest absolute Gasteiger partial charge is 0.258 e. The van der Waals surface area contributed by atoms with Crippen molar-refractivity contribution in [1.82, 2.24) is 15.3 Å². The van der Waals surface area contributed by atoms with Gasteiger partial charge in [-0.05, 0) is 41.7 Å². The third kappa shape index (κ3) is 4.76. The summed E-state index contributed by atoms with van der Waals surface area (Å²) >= 11 is 6.04. The second-order valence-corrected chi connectivity index (χ2v) is 7.70. The maximum absolute atomic E-state index is 12.3. The van der Waals surface area contributed by atoms with Crippen molar-refractivity contribution in [2.75, 3.05) is 0 Å². The maximum atomic E-state index is 12.3. The van der Waals surface area contributed by atoms with Crippen molar-refractivity contribution in [2.45, 2.75) is 46.2 Å². The Bertz CT molecular complexity index is 963. The molecule has 0 aliphatic carbocycles. The molecule has 2 N–H and O–H groups in total. The van der Waals surface area contributed by atoms with Gasteiger partial charge in [0.1, 0.15) is 5.82 Å². The fourth-order valence-electron chi connectivity index (χ4n) is 3.37. The molecule has 0 aliphatic heterocycles. The van der Waals surface area contributed by atoms with Gasteiger partial charge in [-0.1, -0.05) is 63.1 Å². The van der Waals surface area contributed by atoms with Crippen LogP contribution in [0.5, 0.6) is 0 Å². The minimum Gasteiger partial charge on any atom is -0.309 e. The maximum Gasteiger partial charge on any atom is 0.258 e. The number of aromatic nitrogens is 2. The lowest BCUT2D eigenvalue weighted by Crippen LogP contribution is -2.27. The molecular weight excluding hydrogens is 358 g/mol. The van der Waals surface area contributed by atoms with Crippen molar-refractivity contribution in [3.05, 3.63) is 74.8 Å². The van der Waals surface area contributed by atoms with Crippen molar-refractivity contribution in [1.29, 1.82) is 0 Å². The van der Waals surface area contributed by atoms with Crippen molar-refractivity contribution >= 4 is 22.5 Å². The Labute approximate surface area is 165 Å². The predicted octanol–water partition coefficient (Wildman–Crippen LogP) is 5.02. The highest BCUT2D eigenvalue weighted by atomic mass is 35.5. The molecule has 0 spiro atoms. The molecule has 3 aromatic rings. The first-order valence-corrected chi connectivity index (χ1v) is 9.86. The molecular formula is C22H26ClN3O. The van der Waals surface area contributed by atoms with Gasteiger partial charge < -0.3 is 10.3 Å². The number of nitrogens with zero attached hydrogens (tertiary/aromatic N) is 1. The molecule has 142 valence electrons. The van der Waals surface area contributed by atoms with Gasteiger partial charge in [0, 0.05) is 11.1 Å². The standard InChI is InChI=1S/C22H26ClN3O/c1-4-5-15-6-8-16(9-7-15)21(14(2)3)24-13-20-25-19-12-17(23)10-11-18(19)22(27)26-20/h6-12,14,21,24H,4-5,13H2,1-3H3,(H,25,26,27)/t21-/m1/s1. The van der Waals surface area contributed by atoms with Gasteiger partial charge in [-0.3, -0.25) is 4.79 Å². The number of hydrogen-bond acceptors (Lipinski definition) is 3. The van der Waals surface area contributed by atoms with Gasteiger partial charge in [0.15, 0.2) is 0 Å². The van der Waals surface area contributed by atoms with Gasteiger partial charge in [0.25, 0.3) is 5.56 Å². The summed E-state index contributed by atoms with van der Waals surface area (Å²) in [6.45, 7) is 7.05. The van der Waals surface area contributed by atoms with E-state index in [0.29, 0.717) is 34.2 Å². The third-order valence-corrected chi connectivity index (χ3v) is 4.99. The number of aryl methyl sites for hydroxylation is 1. The molecule has 0 saturated heterocycles. The number of fused-ring (bicyclic) bond motifs is 1. The SMILES string of the molecule is CCCc1ccc([C@H](NCc2nc3cc(Cl)ccc3c(=O)[nH]2)C(C)C)cc1. The van der Waals surface area contributed by atoms with E-state index in [0.717, 1.165) is 12.8 Å². The molecule has 4 nitrogen and oxygen atoms in total. The van der Waals surface area contributed by atoms with Crippen LogP contribution < -0.4 is 10.9 Å². The van der Waals surface area contributed by atoms with Gasteiger partial charge in [-0.2, -0.15) is 0 Å². The van der Waals surface area contributed by atoms with E-state index in [1.807, 2.05) is 0 Å². The summed E-state index contributed by atoms with van der Waals surface area (Å²) in [6, 6.07) is 14.1. The summed E-state index contributed by atoms with van der Waals surface area (Å²) in [5.41, 5.74) is 3.09. The first kappa shape index (κ1) is 19.6. The number of H-pyrrole nitrogens is 1. The molecule has 0 radical (unpaired) electrons. The van der Waals surface area contributed by atoms with E-state index in [1.165, 1.54) is 11.1 Å². The number of aromatic amines is 1. The average Bonchev–Trinajstić information content (AvgIpc) is 2.63. The lowest BCUT2D eigenvalue weighted by molar-refractivity contribution is 0.406. The molecule has 1 heterocycles. The van der Waals surface area contributed by atoms with Crippen LogP contribution in [0.3, 0.4) is 0 Å². The fourth-order valence-corrected chi connectivity index (χ4v) is 3.54. The summed E-state index contributed by atoms with van der Waals surface area (Å²) < 4.78 is 0. The molecule has 0 fully saturated rings. The van der Waals surface area contributed by atoms with Crippen LogP contribution in [0, 0.1) is 5.92 Å². The monoisotopic (exact) mass is 383 g/mol. The highest BCUT2D eigenvalue weighted by Gasteiger charge is 2.16. The second-order valence-electron chi connectivity index (χ2n) is 7.27. The van der Waals surface area contributed by atoms with Crippen molar-refractivity contribution in [2.24, 2.45) is 5.92 Å². The average molecular weight is 384 g/mol. The van der Waals surface area contributed by atoms with Crippen LogP contribution in [0.2, 0.25) is 5.02 Å². The largest absolute Gasteiger partial charge is 0.309 e. The molecule has 1 atom stereocenters. The zero-order chi connectivity index (χ0) is 19.4. The molecule has 0 saturated carbocycles. The van der Waals surface area contributed by atoms with Gasteiger partial charge in [-0.15, -0.1) is 0 Å². The fraction of sp³-hybridized carbons (Fsp3) is 0.364. The molecule has 0 aliphatic rings. The zero-order valence-corrected chi connectivity index (χ0v) is 16.8. The number of hydrogen-bond donors (Lipinski definition) is 2. The van der Waals surface area contributed by atoms with Crippen molar-refractivity contribution in [3.63, 3.8) is 0 Å². The van der Waals surface area contributed by atoms with E-state index in [-0.39, 0.29) is 11.6 Å². The van der Waals surface area contributed by atoms with Crippen LogP contribution >= 0.6 is 11.6 Å². The lowest BCUT2D eigenvalue weighted by atomic mass is 9.94.